The minimum atomic E-state index is -1.49. The SMILES string of the molecule is O=C(O)C(=O)CCCc1cc(-c2ccccc2)ncc1[N+](=O)[O-]. The maximum atomic E-state index is 11.1. The number of ketones is 1. The fourth-order valence-corrected chi connectivity index (χ4v) is 2.17. The van der Waals surface area contributed by atoms with Crippen molar-refractivity contribution in [1.82, 2.24) is 4.98 Å². The third-order valence-corrected chi connectivity index (χ3v) is 3.32. The molecule has 118 valence electrons. The molecule has 1 N–H and O–H groups in total. The van der Waals surface area contributed by atoms with Crippen LogP contribution in [0.3, 0.4) is 0 Å². The van der Waals surface area contributed by atoms with Gasteiger partial charge >= 0.3 is 5.97 Å². The molecule has 2 rings (SSSR count). The third-order valence-electron chi connectivity index (χ3n) is 3.32. The molecule has 1 aromatic carbocycles. The number of nitro groups is 1. The van der Waals surface area contributed by atoms with E-state index in [2.05, 4.69) is 4.98 Å². The Balaban J connectivity index is 2.23. The Morgan fingerprint density at radius 1 is 1.22 bits per heavy atom. The number of hydrogen-bond donors (Lipinski definition) is 1. The number of aryl methyl sites for hydroxylation is 1. The van der Waals surface area contributed by atoms with E-state index >= 15 is 0 Å². The first kappa shape index (κ1) is 16.3. The molecule has 0 aliphatic rings. The normalized spacial score (nSPS) is 10.3. The van der Waals surface area contributed by atoms with Crippen molar-refractivity contribution < 1.29 is 19.6 Å². The lowest BCUT2D eigenvalue weighted by Crippen LogP contribution is -2.12. The lowest BCUT2D eigenvalue weighted by Gasteiger charge is -2.06. The summed E-state index contributed by atoms with van der Waals surface area (Å²) in [5.41, 5.74) is 1.72. The molecule has 1 heterocycles. The average Bonchev–Trinajstić information content (AvgIpc) is 2.55. The molecule has 0 bridgehead atoms. The number of carboxylic acid groups (broad SMARTS) is 1. The summed E-state index contributed by atoms with van der Waals surface area (Å²) in [6.07, 6.45) is 1.49. The highest BCUT2D eigenvalue weighted by molar-refractivity contribution is 6.32. The van der Waals surface area contributed by atoms with E-state index in [0.29, 0.717) is 11.3 Å². The van der Waals surface area contributed by atoms with Crippen molar-refractivity contribution >= 4 is 17.4 Å². The highest BCUT2D eigenvalue weighted by Crippen LogP contribution is 2.25. The van der Waals surface area contributed by atoms with Gasteiger partial charge in [0.1, 0.15) is 6.20 Å². The van der Waals surface area contributed by atoms with Crippen molar-refractivity contribution in [3.63, 3.8) is 0 Å². The zero-order valence-electron chi connectivity index (χ0n) is 12.1. The Bertz CT molecular complexity index is 743. The second kappa shape index (κ2) is 7.26. The molecule has 2 aromatic rings. The van der Waals surface area contributed by atoms with Gasteiger partial charge in [0, 0.05) is 17.5 Å². The second-order valence-corrected chi connectivity index (χ2v) is 4.90. The van der Waals surface area contributed by atoms with Crippen LogP contribution in [0.5, 0.6) is 0 Å². The highest BCUT2D eigenvalue weighted by Gasteiger charge is 2.17. The maximum absolute atomic E-state index is 11.1. The lowest BCUT2D eigenvalue weighted by atomic mass is 10.0. The van der Waals surface area contributed by atoms with E-state index in [4.69, 9.17) is 5.11 Å². The molecule has 0 amide bonds. The molecule has 23 heavy (non-hydrogen) atoms. The van der Waals surface area contributed by atoms with Gasteiger partial charge in [-0.2, -0.15) is 0 Å². The largest absolute Gasteiger partial charge is 0.476 e. The first-order valence-corrected chi connectivity index (χ1v) is 6.94. The smallest absolute Gasteiger partial charge is 0.372 e. The molecular weight excluding hydrogens is 300 g/mol. The molecule has 0 unspecified atom stereocenters. The predicted octanol–water partition coefficient (Wildman–Crippen LogP) is 2.63. The van der Waals surface area contributed by atoms with Crippen LogP contribution in [-0.2, 0) is 16.0 Å². The van der Waals surface area contributed by atoms with Crippen molar-refractivity contribution in [2.75, 3.05) is 0 Å². The predicted molar refractivity (Wildman–Crippen MR) is 81.9 cm³/mol. The first-order valence-electron chi connectivity index (χ1n) is 6.94. The maximum Gasteiger partial charge on any atom is 0.372 e. The monoisotopic (exact) mass is 314 g/mol. The van der Waals surface area contributed by atoms with E-state index in [9.17, 15) is 19.7 Å². The summed E-state index contributed by atoms with van der Waals surface area (Å²) in [5.74, 6) is -2.39. The lowest BCUT2D eigenvalue weighted by molar-refractivity contribution is -0.385. The van der Waals surface area contributed by atoms with Gasteiger partial charge in [-0.25, -0.2) is 9.78 Å². The highest BCUT2D eigenvalue weighted by atomic mass is 16.6. The number of carboxylic acids is 1. The van der Waals surface area contributed by atoms with Crippen LogP contribution in [0, 0.1) is 10.1 Å². The number of hydrogen-bond acceptors (Lipinski definition) is 5. The summed E-state index contributed by atoms with van der Waals surface area (Å²) >= 11 is 0. The Kier molecular flexibility index (Phi) is 5.14. The van der Waals surface area contributed by atoms with Gasteiger partial charge in [0.25, 0.3) is 5.69 Å². The summed E-state index contributed by atoms with van der Waals surface area (Å²) in [6.45, 7) is 0. The van der Waals surface area contributed by atoms with Gasteiger partial charge in [-0.3, -0.25) is 14.9 Å². The van der Waals surface area contributed by atoms with Crippen LogP contribution in [0.25, 0.3) is 11.3 Å². The average molecular weight is 314 g/mol. The Morgan fingerprint density at radius 2 is 1.91 bits per heavy atom. The molecule has 0 saturated heterocycles. The van der Waals surface area contributed by atoms with E-state index in [1.165, 1.54) is 6.20 Å². The standard InChI is InChI=1S/C16H14N2O5/c19-15(16(20)21)8-4-7-12-9-13(11-5-2-1-3-6-11)17-10-14(12)18(22)23/h1-3,5-6,9-10H,4,7-8H2,(H,20,21). The number of aromatic nitrogens is 1. The van der Waals surface area contributed by atoms with Crippen LogP contribution in [-0.4, -0.2) is 26.8 Å². The molecule has 0 aliphatic heterocycles. The summed E-state index contributed by atoms with van der Waals surface area (Å²) in [6, 6.07) is 10.8. The van der Waals surface area contributed by atoms with E-state index in [0.717, 1.165) is 5.56 Å². The summed E-state index contributed by atoms with van der Waals surface area (Å²) in [4.78, 5) is 36.2. The zero-order chi connectivity index (χ0) is 16.8. The van der Waals surface area contributed by atoms with Crippen LogP contribution in [0.4, 0.5) is 5.69 Å². The number of pyridine rings is 1. The minimum absolute atomic E-state index is 0.132. The van der Waals surface area contributed by atoms with Gasteiger partial charge in [0.05, 0.1) is 10.6 Å². The molecule has 7 nitrogen and oxygen atoms in total. The fourth-order valence-electron chi connectivity index (χ4n) is 2.17. The fraction of sp³-hybridized carbons (Fsp3) is 0.188. The molecule has 0 atom stereocenters. The molecular formula is C16H14N2O5. The number of carbonyl (C=O) groups excluding carboxylic acids is 1. The Morgan fingerprint density at radius 3 is 2.52 bits per heavy atom. The molecule has 0 fully saturated rings. The summed E-state index contributed by atoms with van der Waals surface area (Å²) < 4.78 is 0. The molecule has 0 aliphatic carbocycles. The van der Waals surface area contributed by atoms with Gasteiger partial charge in [0.2, 0.25) is 5.78 Å². The number of nitrogens with zero attached hydrogens (tertiary/aromatic N) is 2. The van der Waals surface area contributed by atoms with Crippen molar-refractivity contribution in [3.05, 3.63) is 58.3 Å². The van der Waals surface area contributed by atoms with E-state index < -0.39 is 16.7 Å². The van der Waals surface area contributed by atoms with Crippen LogP contribution in [0.1, 0.15) is 18.4 Å². The molecule has 0 saturated carbocycles. The van der Waals surface area contributed by atoms with Gasteiger partial charge < -0.3 is 5.11 Å². The van der Waals surface area contributed by atoms with Crippen LogP contribution in [0.15, 0.2) is 42.6 Å². The second-order valence-electron chi connectivity index (χ2n) is 4.90. The quantitative estimate of drug-likeness (QED) is 0.478. The number of aliphatic carboxylic acids is 1. The van der Waals surface area contributed by atoms with Crippen molar-refractivity contribution in [2.24, 2.45) is 0 Å². The minimum Gasteiger partial charge on any atom is -0.476 e. The van der Waals surface area contributed by atoms with Crippen LogP contribution < -0.4 is 0 Å². The molecule has 0 radical (unpaired) electrons. The number of carbonyl (C=O) groups is 2. The third kappa shape index (κ3) is 4.19. The molecule has 0 spiro atoms. The van der Waals surface area contributed by atoms with E-state index in [1.807, 2.05) is 30.3 Å². The first-order chi connectivity index (χ1) is 11.0. The number of Topliss-reactive ketones (excluding diaryl/α,β-unsaturated/α-hetero) is 1. The van der Waals surface area contributed by atoms with Gasteiger partial charge in [-0.05, 0) is 18.9 Å². The molecule has 7 heteroatoms. The van der Waals surface area contributed by atoms with Gasteiger partial charge in [-0.1, -0.05) is 30.3 Å². The molecule has 1 aromatic heterocycles. The van der Waals surface area contributed by atoms with Crippen molar-refractivity contribution in [3.8, 4) is 11.3 Å². The van der Waals surface area contributed by atoms with Gasteiger partial charge in [-0.15, -0.1) is 0 Å². The van der Waals surface area contributed by atoms with E-state index in [1.54, 1.807) is 6.07 Å². The van der Waals surface area contributed by atoms with E-state index in [-0.39, 0.29) is 24.9 Å². The Labute approximate surface area is 131 Å². The van der Waals surface area contributed by atoms with Crippen molar-refractivity contribution in [2.45, 2.75) is 19.3 Å². The summed E-state index contributed by atoms with van der Waals surface area (Å²) in [5, 5.41) is 19.6. The summed E-state index contributed by atoms with van der Waals surface area (Å²) in [7, 11) is 0. The number of benzene rings is 1. The van der Waals surface area contributed by atoms with Crippen molar-refractivity contribution in [1.29, 1.82) is 0 Å². The van der Waals surface area contributed by atoms with Crippen LogP contribution in [0.2, 0.25) is 0 Å². The topological polar surface area (TPSA) is 110 Å². The number of rotatable bonds is 7. The van der Waals surface area contributed by atoms with Gasteiger partial charge in [0.15, 0.2) is 0 Å². The Hall–Kier alpha value is -3.09. The zero-order valence-corrected chi connectivity index (χ0v) is 12.1. The van der Waals surface area contributed by atoms with Crippen LogP contribution >= 0.6 is 0 Å².